The van der Waals surface area contributed by atoms with Crippen LogP contribution in [-0.2, 0) is 6.54 Å². The largest absolute Gasteiger partial charge is 0.357 e. The zero-order valence-electron chi connectivity index (χ0n) is 10.5. The quantitative estimate of drug-likeness (QED) is 0.766. The Morgan fingerprint density at radius 1 is 1.21 bits per heavy atom. The van der Waals surface area contributed by atoms with Gasteiger partial charge in [0.15, 0.2) is 5.13 Å². The van der Waals surface area contributed by atoms with Crippen molar-refractivity contribution in [1.82, 2.24) is 4.98 Å². The standard InChI is InChI=1S/C15H13FN2S/c1-10-6-7-14-13(8-10)18-15(19-14)17-9-11-4-2-3-5-12(11)16/h2-8H,9H2,1H3,(H,17,18). The van der Waals surface area contributed by atoms with Gasteiger partial charge in [-0.05, 0) is 30.7 Å². The van der Waals surface area contributed by atoms with Crippen molar-refractivity contribution in [2.24, 2.45) is 0 Å². The monoisotopic (exact) mass is 272 g/mol. The summed E-state index contributed by atoms with van der Waals surface area (Å²) in [6.07, 6.45) is 0. The van der Waals surface area contributed by atoms with Crippen molar-refractivity contribution in [1.29, 1.82) is 0 Å². The molecular formula is C15H13FN2S. The molecule has 0 unspecified atom stereocenters. The maximum atomic E-state index is 13.5. The normalized spacial score (nSPS) is 10.8. The Morgan fingerprint density at radius 2 is 2.05 bits per heavy atom. The van der Waals surface area contributed by atoms with Crippen LogP contribution >= 0.6 is 11.3 Å². The summed E-state index contributed by atoms with van der Waals surface area (Å²) in [5.74, 6) is -0.188. The molecule has 3 aromatic rings. The first-order valence-corrected chi connectivity index (χ1v) is 6.88. The predicted octanol–water partition coefficient (Wildman–Crippen LogP) is 4.36. The van der Waals surface area contributed by atoms with Gasteiger partial charge in [-0.2, -0.15) is 0 Å². The number of benzene rings is 2. The summed E-state index contributed by atoms with van der Waals surface area (Å²) < 4.78 is 14.6. The van der Waals surface area contributed by atoms with Crippen molar-refractivity contribution < 1.29 is 4.39 Å². The Hall–Kier alpha value is -1.94. The molecule has 0 aliphatic heterocycles. The number of anilines is 1. The SMILES string of the molecule is Cc1ccc2sc(NCc3ccccc3F)nc2c1. The van der Waals surface area contributed by atoms with Crippen LogP contribution in [0.5, 0.6) is 0 Å². The van der Waals surface area contributed by atoms with E-state index in [1.165, 1.54) is 11.6 Å². The summed E-state index contributed by atoms with van der Waals surface area (Å²) in [5.41, 5.74) is 2.83. The van der Waals surface area contributed by atoms with Crippen LogP contribution in [0.1, 0.15) is 11.1 Å². The lowest BCUT2D eigenvalue weighted by Gasteiger charge is -2.03. The molecule has 0 saturated carbocycles. The minimum atomic E-state index is -0.188. The molecule has 0 saturated heterocycles. The molecule has 0 radical (unpaired) electrons. The average molecular weight is 272 g/mol. The molecule has 0 fully saturated rings. The Balaban J connectivity index is 1.80. The van der Waals surface area contributed by atoms with Gasteiger partial charge in [0.1, 0.15) is 5.82 Å². The molecule has 4 heteroatoms. The number of aryl methyl sites for hydroxylation is 1. The number of halogens is 1. The van der Waals surface area contributed by atoms with Crippen LogP contribution in [0.3, 0.4) is 0 Å². The highest BCUT2D eigenvalue weighted by molar-refractivity contribution is 7.22. The van der Waals surface area contributed by atoms with Crippen molar-refractivity contribution in [3.05, 3.63) is 59.4 Å². The van der Waals surface area contributed by atoms with Gasteiger partial charge in [-0.1, -0.05) is 35.6 Å². The zero-order valence-corrected chi connectivity index (χ0v) is 11.3. The second-order valence-corrected chi connectivity index (χ2v) is 5.47. The molecule has 2 nitrogen and oxygen atoms in total. The first kappa shape index (κ1) is 12.1. The number of fused-ring (bicyclic) bond motifs is 1. The zero-order chi connectivity index (χ0) is 13.2. The van der Waals surface area contributed by atoms with Crippen molar-refractivity contribution in [3.8, 4) is 0 Å². The molecule has 1 N–H and O–H groups in total. The topological polar surface area (TPSA) is 24.9 Å². The molecule has 1 heterocycles. The number of hydrogen-bond donors (Lipinski definition) is 1. The number of hydrogen-bond acceptors (Lipinski definition) is 3. The Morgan fingerprint density at radius 3 is 2.89 bits per heavy atom. The summed E-state index contributed by atoms with van der Waals surface area (Å²) in [6.45, 7) is 2.50. The second-order valence-electron chi connectivity index (χ2n) is 4.44. The lowest BCUT2D eigenvalue weighted by molar-refractivity contribution is 0.613. The highest BCUT2D eigenvalue weighted by atomic mass is 32.1. The lowest BCUT2D eigenvalue weighted by atomic mass is 10.2. The lowest BCUT2D eigenvalue weighted by Crippen LogP contribution is -2.00. The average Bonchev–Trinajstić information content (AvgIpc) is 2.79. The third-order valence-corrected chi connectivity index (χ3v) is 3.93. The summed E-state index contributed by atoms with van der Waals surface area (Å²) in [5, 5.41) is 4.00. The van der Waals surface area contributed by atoms with Crippen LogP contribution in [0.25, 0.3) is 10.2 Å². The number of nitrogens with zero attached hydrogens (tertiary/aromatic N) is 1. The molecule has 2 aromatic carbocycles. The van der Waals surface area contributed by atoms with Gasteiger partial charge in [-0.25, -0.2) is 9.37 Å². The van der Waals surface area contributed by atoms with E-state index < -0.39 is 0 Å². The summed E-state index contributed by atoms with van der Waals surface area (Å²) in [6, 6.07) is 13.0. The van der Waals surface area contributed by atoms with Crippen LogP contribution in [0.15, 0.2) is 42.5 Å². The Labute approximate surface area is 114 Å². The summed E-state index contributed by atoms with van der Waals surface area (Å²) in [4.78, 5) is 4.50. The molecule has 19 heavy (non-hydrogen) atoms. The van der Waals surface area contributed by atoms with E-state index in [1.54, 1.807) is 23.5 Å². The Bertz CT molecular complexity index is 721. The van der Waals surface area contributed by atoms with E-state index in [4.69, 9.17) is 0 Å². The molecular weight excluding hydrogens is 259 g/mol. The third-order valence-electron chi connectivity index (χ3n) is 2.93. The van der Waals surface area contributed by atoms with Crippen LogP contribution < -0.4 is 5.32 Å². The third kappa shape index (κ3) is 2.58. The molecule has 1 aromatic heterocycles. The highest BCUT2D eigenvalue weighted by Crippen LogP contribution is 2.26. The highest BCUT2D eigenvalue weighted by Gasteiger charge is 2.05. The maximum absolute atomic E-state index is 13.5. The number of rotatable bonds is 3. The van der Waals surface area contributed by atoms with Gasteiger partial charge >= 0.3 is 0 Å². The van der Waals surface area contributed by atoms with Gasteiger partial charge in [0, 0.05) is 12.1 Å². The van der Waals surface area contributed by atoms with Gasteiger partial charge in [0.2, 0.25) is 0 Å². The van der Waals surface area contributed by atoms with Crippen LogP contribution in [-0.4, -0.2) is 4.98 Å². The minimum Gasteiger partial charge on any atom is -0.357 e. The maximum Gasteiger partial charge on any atom is 0.184 e. The molecule has 0 spiro atoms. The van der Waals surface area contributed by atoms with E-state index in [9.17, 15) is 4.39 Å². The Kier molecular flexibility index (Phi) is 3.17. The number of aromatic nitrogens is 1. The molecule has 0 amide bonds. The molecule has 96 valence electrons. The first-order valence-electron chi connectivity index (χ1n) is 6.07. The molecule has 0 atom stereocenters. The van der Waals surface area contributed by atoms with Crippen molar-refractivity contribution in [2.75, 3.05) is 5.32 Å². The van der Waals surface area contributed by atoms with Gasteiger partial charge in [-0.15, -0.1) is 0 Å². The van der Waals surface area contributed by atoms with Gasteiger partial charge in [-0.3, -0.25) is 0 Å². The van der Waals surface area contributed by atoms with Gasteiger partial charge < -0.3 is 5.32 Å². The van der Waals surface area contributed by atoms with Gasteiger partial charge in [0.05, 0.1) is 10.2 Å². The molecule has 0 aliphatic rings. The van der Waals surface area contributed by atoms with Crippen molar-refractivity contribution in [2.45, 2.75) is 13.5 Å². The fourth-order valence-electron chi connectivity index (χ4n) is 1.93. The van der Waals surface area contributed by atoms with Crippen molar-refractivity contribution >= 4 is 26.7 Å². The van der Waals surface area contributed by atoms with Crippen LogP contribution in [0.2, 0.25) is 0 Å². The van der Waals surface area contributed by atoms with Crippen molar-refractivity contribution in [3.63, 3.8) is 0 Å². The fourth-order valence-corrected chi connectivity index (χ4v) is 2.77. The molecule has 0 aliphatic carbocycles. The predicted molar refractivity (Wildman–Crippen MR) is 78.1 cm³/mol. The van der Waals surface area contributed by atoms with E-state index in [1.807, 2.05) is 13.0 Å². The minimum absolute atomic E-state index is 0.188. The second kappa shape index (κ2) is 4.97. The fraction of sp³-hybridized carbons (Fsp3) is 0.133. The van der Waals surface area contributed by atoms with E-state index in [2.05, 4.69) is 28.5 Å². The first-order chi connectivity index (χ1) is 9.22. The van der Waals surface area contributed by atoms with E-state index in [0.717, 1.165) is 15.3 Å². The smallest absolute Gasteiger partial charge is 0.184 e. The van der Waals surface area contributed by atoms with E-state index >= 15 is 0 Å². The van der Waals surface area contributed by atoms with E-state index in [-0.39, 0.29) is 5.82 Å². The number of thiazole rings is 1. The van der Waals surface area contributed by atoms with Crippen LogP contribution in [0.4, 0.5) is 9.52 Å². The van der Waals surface area contributed by atoms with E-state index in [0.29, 0.717) is 12.1 Å². The number of nitrogens with one attached hydrogen (secondary N) is 1. The van der Waals surface area contributed by atoms with Crippen LogP contribution in [0, 0.1) is 12.7 Å². The summed E-state index contributed by atoms with van der Waals surface area (Å²) >= 11 is 1.59. The molecule has 3 rings (SSSR count). The summed E-state index contributed by atoms with van der Waals surface area (Å²) in [7, 11) is 0. The van der Waals surface area contributed by atoms with Gasteiger partial charge in [0.25, 0.3) is 0 Å². The molecule has 0 bridgehead atoms.